The monoisotopic (exact) mass is 599 g/mol. The Morgan fingerprint density at radius 3 is 2.07 bits per heavy atom. The van der Waals surface area contributed by atoms with E-state index >= 15 is 0 Å². The van der Waals surface area contributed by atoms with Crippen molar-refractivity contribution in [3.05, 3.63) is 120 Å². The second-order valence-electron chi connectivity index (χ2n) is 9.06. The molecule has 0 radical (unpaired) electrons. The Morgan fingerprint density at radius 2 is 1.44 bits per heavy atom. The molecule has 220 valence electrons. The van der Waals surface area contributed by atoms with Crippen LogP contribution in [0.1, 0.15) is 27.2 Å². The molecule has 0 amide bonds. The second kappa shape index (κ2) is 11.5. The third-order valence-electron chi connectivity index (χ3n) is 6.12. The average Bonchev–Trinajstić information content (AvgIpc) is 3.44. The van der Waals surface area contributed by atoms with E-state index in [0.717, 1.165) is 17.7 Å². The summed E-state index contributed by atoms with van der Waals surface area (Å²) in [6.07, 6.45) is -8.82. The fourth-order valence-electron chi connectivity index (χ4n) is 4.11. The van der Waals surface area contributed by atoms with E-state index in [4.69, 9.17) is 9.47 Å². The highest BCUT2D eigenvalue weighted by Crippen LogP contribution is 2.35. The van der Waals surface area contributed by atoms with Crippen LogP contribution in [0.2, 0.25) is 0 Å². The number of carboxylic acids is 1. The summed E-state index contributed by atoms with van der Waals surface area (Å²) in [4.78, 5) is 15.6. The average molecular weight is 599 g/mol. The number of aromatic carboxylic acids is 1. The van der Waals surface area contributed by atoms with Crippen LogP contribution in [-0.4, -0.2) is 25.8 Å². The van der Waals surface area contributed by atoms with Crippen molar-refractivity contribution in [1.29, 1.82) is 0 Å². The van der Waals surface area contributed by atoms with Gasteiger partial charge in [-0.15, -0.1) is 0 Å². The van der Waals surface area contributed by atoms with Crippen LogP contribution in [0.5, 0.6) is 17.2 Å². The summed E-state index contributed by atoms with van der Waals surface area (Å²) in [6.45, 7) is 0.0939. The molecule has 0 atom stereocenters. The van der Waals surface area contributed by atoms with Crippen LogP contribution in [0.15, 0.2) is 97.2 Å². The fourth-order valence-corrected chi connectivity index (χ4v) is 4.11. The largest absolute Gasteiger partial charge is 0.488 e. The summed E-state index contributed by atoms with van der Waals surface area (Å²) in [5.74, 6) is -1.01. The smallest absolute Gasteiger partial charge is 0.434 e. The van der Waals surface area contributed by atoms with Crippen molar-refractivity contribution in [1.82, 2.24) is 14.8 Å². The van der Waals surface area contributed by atoms with Gasteiger partial charge in [0.15, 0.2) is 11.5 Å². The van der Waals surface area contributed by atoms with E-state index in [-0.39, 0.29) is 23.9 Å². The van der Waals surface area contributed by atoms with E-state index in [9.17, 15) is 36.2 Å². The van der Waals surface area contributed by atoms with Gasteiger partial charge in [-0.3, -0.25) is 0 Å². The molecule has 0 aliphatic carbocycles. The standard InChI is InChI=1S/C30H19F6N3O4/c31-29(32,33)19-10-14-21(15-11-19)43-20-12-8-18(9-13-20)17-42-25-6-2-1-4-22(25)24-5-3-7-26(38-24)39-27(30(34,35)36)23(16-37-39)28(40)41/h1-16H,17H2,(H,40,41). The summed E-state index contributed by atoms with van der Waals surface area (Å²) in [5.41, 5.74) is -1.79. The number of alkyl halides is 6. The molecular formula is C30H19F6N3O4. The van der Waals surface area contributed by atoms with Crippen molar-refractivity contribution >= 4 is 5.97 Å². The van der Waals surface area contributed by atoms with Crippen LogP contribution in [0.25, 0.3) is 17.1 Å². The van der Waals surface area contributed by atoms with Gasteiger partial charge in [0, 0.05) is 5.56 Å². The molecule has 3 aromatic carbocycles. The quantitative estimate of drug-likeness (QED) is 0.182. The first-order valence-corrected chi connectivity index (χ1v) is 12.4. The number of carboxylic acid groups (broad SMARTS) is 1. The molecule has 13 heteroatoms. The lowest BCUT2D eigenvalue weighted by Gasteiger charge is -2.14. The van der Waals surface area contributed by atoms with Crippen LogP contribution in [-0.2, 0) is 19.0 Å². The van der Waals surface area contributed by atoms with Gasteiger partial charge in [0.1, 0.15) is 29.4 Å². The lowest BCUT2D eigenvalue weighted by atomic mass is 10.1. The van der Waals surface area contributed by atoms with E-state index in [1.54, 1.807) is 54.6 Å². The highest BCUT2D eigenvalue weighted by molar-refractivity contribution is 5.89. The molecule has 0 saturated carbocycles. The van der Waals surface area contributed by atoms with Gasteiger partial charge in [-0.1, -0.05) is 30.3 Å². The summed E-state index contributed by atoms with van der Waals surface area (Å²) < 4.78 is 91.4. The fraction of sp³-hybridized carbons (Fsp3) is 0.100. The van der Waals surface area contributed by atoms with Gasteiger partial charge in [0.2, 0.25) is 0 Å². The Balaban J connectivity index is 1.32. The van der Waals surface area contributed by atoms with Crippen LogP contribution in [0.4, 0.5) is 26.3 Å². The SMILES string of the molecule is O=C(O)c1cnn(-c2cccc(-c3ccccc3OCc3ccc(Oc4ccc(C(F)(F)F)cc4)cc3)n2)c1C(F)(F)F. The molecule has 0 saturated heterocycles. The number of ether oxygens (including phenoxy) is 2. The van der Waals surface area contributed by atoms with Crippen molar-refractivity contribution in [2.24, 2.45) is 0 Å². The maximum atomic E-state index is 13.7. The number of nitrogens with zero attached hydrogens (tertiary/aromatic N) is 3. The second-order valence-corrected chi connectivity index (χ2v) is 9.06. The normalized spacial score (nSPS) is 11.8. The first-order chi connectivity index (χ1) is 20.4. The Morgan fingerprint density at radius 1 is 0.791 bits per heavy atom. The van der Waals surface area contributed by atoms with Crippen molar-refractivity contribution < 1.29 is 45.7 Å². The lowest BCUT2D eigenvalue weighted by Crippen LogP contribution is -2.18. The molecule has 2 heterocycles. The highest BCUT2D eigenvalue weighted by atomic mass is 19.4. The topological polar surface area (TPSA) is 86.5 Å². The molecule has 0 spiro atoms. The lowest BCUT2D eigenvalue weighted by molar-refractivity contribution is -0.143. The van der Waals surface area contributed by atoms with E-state index in [0.29, 0.717) is 27.9 Å². The molecule has 0 fully saturated rings. The number of carbonyl (C=O) groups is 1. The zero-order valence-corrected chi connectivity index (χ0v) is 21.7. The molecule has 43 heavy (non-hydrogen) atoms. The number of rotatable bonds is 8. The molecule has 5 rings (SSSR count). The Kier molecular flexibility index (Phi) is 7.81. The first-order valence-electron chi connectivity index (χ1n) is 12.4. The molecule has 7 nitrogen and oxygen atoms in total. The predicted molar refractivity (Wildman–Crippen MR) is 141 cm³/mol. The number of hydrogen-bond donors (Lipinski definition) is 1. The minimum Gasteiger partial charge on any atom is -0.488 e. The molecule has 1 N–H and O–H groups in total. The van der Waals surface area contributed by atoms with E-state index < -0.39 is 35.1 Å². The summed E-state index contributed by atoms with van der Waals surface area (Å²) in [5, 5.41) is 12.8. The van der Waals surface area contributed by atoms with Crippen LogP contribution in [0.3, 0.4) is 0 Å². The van der Waals surface area contributed by atoms with E-state index in [1.807, 2.05) is 0 Å². The number of hydrogen-bond acceptors (Lipinski definition) is 5. The van der Waals surface area contributed by atoms with Gasteiger partial charge in [0.05, 0.1) is 17.5 Å². The zero-order valence-electron chi connectivity index (χ0n) is 21.7. The van der Waals surface area contributed by atoms with Gasteiger partial charge in [-0.25, -0.2) is 14.5 Å². The van der Waals surface area contributed by atoms with Crippen molar-refractivity contribution in [2.45, 2.75) is 19.0 Å². The van der Waals surface area contributed by atoms with Crippen molar-refractivity contribution in [2.75, 3.05) is 0 Å². The number of aromatic nitrogens is 3. The Bertz CT molecular complexity index is 1750. The number of halogens is 6. The maximum Gasteiger partial charge on any atom is 0.434 e. The van der Waals surface area contributed by atoms with Crippen molar-refractivity contribution in [3.63, 3.8) is 0 Å². The molecule has 0 unspecified atom stereocenters. The molecular weight excluding hydrogens is 580 g/mol. The summed E-state index contributed by atoms with van der Waals surface area (Å²) in [6, 6.07) is 22.0. The minimum atomic E-state index is -5.00. The van der Waals surface area contributed by atoms with Crippen LogP contribution < -0.4 is 9.47 Å². The molecule has 0 aliphatic rings. The van der Waals surface area contributed by atoms with Crippen LogP contribution >= 0.6 is 0 Å². The Labute approximate surface area is 239 Å². The van der Waals surface area contributed by atoms with Gasteiger partial charge < -0.3 is 14.6 Å². The predicted octanol–water partition coefficient (Wildman–Crippen LogP) is 8.04. The van der Waals surface area contributed by atoms with E-state index in [1.165, 1.54) is 24.3 Å². The molecule has 0 bridgehead atoms. The molecule has 0 aliphatic heterocycles. The number of para-hydroxylation sites is 1. The molecule has 5 aromatic rings. The van der Waals surface area contributed by atoms with Crippen molar-refractivity contribution in [3.8, 4) is 34.3 Å². The summed E-state index contributed by atoms with van der Waals surface area (Å²) >= 11 is 0. The van der Waals surface area contributed by atoms with Gasteiger partial charge in [-0.2, -0.15) is 31.4 Å². The molecule has 2 aromatic heterocycles. The minimum absolute atomic E-state index is 0.0939. The van der Waals surface area contributed by atoms with Crippen LogP contribution in [0, 0.1) is 0 Å². The Hall–Kier alpha value is -5.33. The third-order valence-corrected chi connectivity index (χ3v) is 6.12. The van der Waals surface area contributed by atoms with Gasteiger partial charge >= 0.3 is 18.3 Å². The number of benzene rings is 3. The van der Waals surface area contributed by atoms with Gasteiger partial charge in [0.25, 0.3) is 0 Å². The van der Waals surface area contributed by atoms with Gasteiger partial charge in [-0.05, 0) is 66.2 Å². The maximum absolute atomic E-state index is 13.7. The third kappa shape index (κ3) is 6.61. The first kappa shape index (κ1) is 29.2. The van der Waals surface area contributed by atoms with E-state index in [2.05, 4.69) is 10.1 Å². The number of pyridine rings is 1. The summed E-state index contributed by atoms with van der Waals surface area (Å²) in [7, 11) is 0. The highest BCUT2D eigenvalue weighted by Gasteiger charge is 2.41. The zero-order chi connectivity index (χ0) is 30.8.